The van der Waals surface area contributed by atoms with Gasteiger partial charge in [0.05, 0.1) is 27.9 Å². The maximum Gasteiger partial charge on any atom is 0.116 e. The number of carboxylic acid groups (broad SMARTS) is 1. The first-order chi connectivity index (χ1) is 9.65. The maximum atomic E-state index is 10.8. The van der Waals surface area contributed by atoms with E-state index >= 15 is 0 Å². The van der Waals surface area contributed by atoms with Crippen molar-refractivity contribution in [3.8, 4) is 11.3 Å². The van der Waals surface area contributed by atoms with Gasteiger partial charge in [-0.3, -0.25) is 4.98 Å². The number of hydrogen-bond acceptors (Lipinski definition) is 5. The Morgan fingerprint density at radius 1 is 1.15 bits per heavy atom. The third-order valence-corrected chi connectivity index (χ3v) is 3.12. The number of carboxylic acids is 1. The molecule has 0 aliphatic heterocycles. The van der Waals surface area contributed by atoms with Crippen molar-refractivity contribution in [2.75, 3.05) is 0 Å². The van der Waals surface area contributed by atoms with Crippen LogP contribution in [0, 0.1) is 0 Å². The lowest BCUT2D eigenvalue weighted by Crippen LogP contribution is -2.23. The zero-order valence-electron chi connectivity index (χ0n) is 10.1. The SMILES string of the molecule is O=C([O-])c1cc(-c2cc(Cl)c3ncccc3c2)ncn1. The van der Waals surface area contributed by atoms with Crippen molar-refractivity contribution in [1.29, 1.82) is 0 Å². The van der Waals surface area contributed by atoms with E-state index in [0.717, 1.165) is 5.39 Å². The van der Waals surface area contributed by atoms with Gasteiger partial charge in [0.1, 0.15) is 6.33 Å². The Morgan fingerprint density at radius 3 is 2.80 bits per heavy atom. The van der Waals surface area contributed by atoms with Crippen LogP contribution in [0.4, 0.5) is 0 Å². The summed E-state index contributed by atoms with van der Waals surface area (Å²) in [6, 6.07) is 8.56. The number of pyridine rings is 1. The highest BCUT2D eigenvalue weighted by Gasteiger charge is 2.07. The first kappa shape index (κ1) is 12.5. The lowest BCUT2D eigenvalue weighted by molar-refractivity contribution is -0.255. The van der Waals surface area contributed by atoms with Crippen molar-refractivity contribution in [2.45, 2.75) is 0 Å². The van der Waals surface area contributed by atoms with Crippen molar-refractivity contribution in [3.63, 3.8) is 0 Å². The number of carbonyl (C=O) groups is 1. The number of aromatic carboxylic acids is 1. The van der Waals surface area contributed by atoms with Crippen LogP contribution in [-0.4, -0.2) is 20.9 Å². The van der Waals surface area contributed by atoms with Gasteiger partial charge in [-0.05, 0) is 24.3 Å². The second-order valence-corrected chi connectivity index (χ2v) is 4.52. The molecule has 0 saturated heterocycles. The smallest absolute Gasteiger partial charge is 0.116 e. The van der Waals surface area contributed by atoms with Crippen LogP contribution < -0.4 is 5.11 Å². The van der Waals surface area contributed by atoms with Crippen LogP contribution in [-0.2, 0) is 0 Å². The molecule has 98 valence electrons. The Morgan fingerprint density at radius 2 is 2.00 bits per heavy atom. The number of benzene rings is 1. The van der Waals surface area contributed by atoms with E-state index in [1.807, 2.05) is 12.1 Å². The number of aromatic nitrogens is 3. The van der Waals surface area contributed by atoms with Gasteiger partial charge in [0.2, 0.25) is 0 Å². The molecule has 3 aromatic rings. The van der Waals surface area contributed by atoms with Crippen LogP contribution in [0.2, 0.25) is 5.02 Å². The molecule has 5 nitrogen and oxygen atoms in total. The lowest BCUT2D eigenvalue weighted by Gasteiger charge is -2.07. The number of hydrogen-bond donors (Lipinski definition) is 0. The summed E-state index contributed by atoms with van der Waals surface area (Å²) >= 11 is 6.18. The summed E-state index contributed by atoms with van der Waals surface area (Å²) in [7, 11) is 0. The fourth-order valence-corrected chi connectivity index (χ4v) is 2.20. The van der Waals surface area contributed by atoms with E-state index in [0.29, 0.717) is 21.8 Å². The van der Waals surface area contributed by atoms with Crippen LogP contribution in [0.25, 0.3) is 22.2 Å². The van der Waals surface area contributed by atoms with Crippen molar-refractivity contribution in [3.05, 3.63) is 53.6 Å². The highest BCUT2D eigenvalue weighted by atomic mass is 35.5. The second kappa shape index (κ2) is 4.86. The molecule has 0 aliphatic carbocycles. The van der Waals surface area contributed by atoms with Crippen LogP contribution in [0.3, 0.4) is 0 Å². The van der Waals surface area contributed by atoms with Gasteiger partial charge in [0.15, 0.2) is 0 Å². The molecular formula is C14H7ClN3O2-. The molecule has 0 saturated carbocycles. The first-order valence-electron chi connectivity index (χ1n) is 5.73. The van der Waals surface area contributed by atoms with E-state index < -0.39 is 5.97 Å². The summed E-state index contributed by atoms with van der Waals surface area (Å²) in [5.74, 6) is -1.35. The molecule has 0 amide bonds. The molecule has 1 aromatic carbocycles. The first-order valence-corrected chi connectivity index (χ1v) is 6.11. The van der Waals surface area contributed by atoms with Crippen LogP contribution in [0.5, 0.6) is 0 Å². The summed E-state index contributed by atoms with van der Waals surface area (Å²) in [6.45, 7) is 0. The standard InChI is InChI=1S/C14H8ClN3O2/c15-10-5-9(4-8-2-1-3-16-13(8)10)11-6-12(14(19)20)18-7-17-11/h1-7H,(H,19,20)/p-1. The van der Waals surface area contributed by atoms with E-state index in [-0.39, 0.29) is 5.69 Å². The van der Waals surface area contributed by atoms with Crippen molar-refractivity contribution >= 4 is 28.5 Å². The highest BCUT2D eigenvalue weighted by Crippen LogP contribution is 2.28. The molecule has 0 radical (unpaired) electrons. The molecule has 0 aliphatic rings. The molecule has 6 heteroatoms. The predicted molar refractivity (Wildman–Crippen MR) is 72.1 cm³/mol. The minimum absolute atomic E-state index is 0.169. The highest BCUT2D eigenvalue weighted by molar-refractivity contribution is 6.35. The zero-order valence-corrected chi connectivity index (χ0v) is 10.8. The number of fused-ring (bicyclic) bond motifs is 1. The van der Waals surface area contributed by atoms with E-state index in [4.69, 9.17) is 11.6 Å². The monoisotopic (exact) mass is 284 g/mol. The minimum Gasteiger partial charge on any atom is -0.543 e. The largest absolute Gasteiger partial charge is 0.543 e. The number of nitrogens with zero attached hydrogens (tertiary/aromatic N) is 3. The molecule has 2 aromatic heterocycles. The van der Waals surface area contributed by atoms with Gasteiger partial charge in [0, 0.05) is 17.1 Å². The molecule has 0 atom stereocenters. The Bertz CT molecular complexity index is 820. The Kier molecular flexibility index (Phi) is 3.04. The fraction of sp³-hybridized carbons (Fsp3) is 0. The number of carbonyl (C=O) groups excluding carboxylic acids is 1. The summed E-state index contributed by atoms with van der Waals surface area (Å²) in [4.78, 5) is 22.7. The lowest BCUT2D eigenvalue weighted by atomic mass is 10.1. The second-order valence-electron chi connectivity index (χ2n) is 4.11. The third-order valence-electron chi connectivity index (χ3n) is 2.83. The number of rotatable bonds is 2. The van der Waals surface area contributed by atoms with Crippen LogP contribution in [0.15, 0.2) is 42.9 Å². The van der Waals surface area contributed by atoms with Gasteiger partial charge >= 0.3 is 0 Å². The molecule has 20 heavy (non-hydrogen) atoms. The fourth-order valence-electron chi connectivity index (χ4n) is 1.92. The van der Waals surface area contributed by atoms with Crippen LogP contribution in [0.1, 0.15) is 10.5 Å². The average Bonchev–Trinajstić information content (AvgIpc) is 2.47. The molecule has 0 spiro atoms. The molecule has 0 fully saturated rings. The van der Waals surface area contributed by atoms with Gasteiger partial charge in [-0.1, -0.05) is 17.7 Å². The van der Waals surface area contributed by atoms with Gasteiger partial charge in [-0.15, -0.1) is 0 Å². The molecule has 0 N–H and O–H groups in total. The molecule has 0 unspecified atom stereocenters. The van der Waals surface area contributed by atoms with Gasteiger partial charge in [0.25, 0.3) is 0 Å². The Hall–Kier alpha value is -2.53. The van der Waals surface area contributed by atoms with Gasteiger partial charge in [-0.2, -0.15) is 0 Å². The molecular weight excluding hydrogens is 278 g/mol. The Labute approximate surface area is 118 Å². The van der Waals surface area contributed by atoms with Gasteiger partial charge in [-0.25, -0.2) is 9.97 Å². The third kappa shape index (κ3) is 2.19. The van der Waals surface area contributed by atoms with E-state index in [1.165, 1.54) is 12.4 Å². The van der Waals surface area contributed by atoms with Crippen molar-refractivity contribution < 1.29 is 9.90 Å². The minimum atomic E-state index is -1.35. The van der Waals surface area contributed by atoms with E-state index in [1.54, 1.807) is 18.3 Å². The normalized spacial score (nSPS) is 10.7. The summed E-state index contributed by atoms with van der Waals surface area (Å²) in [5.41, 5.74) is 1.68. The molecule has 3 rings (SSSR count). The van der Waals surface area contributed by atoms with Crippen molar-refractivity contribution in [1.82, 2.24) is 15.0 Å². The van der Waals surface area contributed by atoms with Crippen LogP contribution >= 0.6 is 11.6 Å². The zero-order chi connectivity index (χ0) is 14.1. The maximum absolute atomic E-state index is 10.8. The van der Waals surface area contributed by atoms with Crippen molar-refractivity contribution in [2.24, 2.45) is 0 Å². The molecule has 0 bridgehead atoms. The average molecular weight is 285 g/mol. The summed E-state index contributed by atoms with van der Waals surface area (Å²) < 4.78 is 0. The van der Waals surface area contributed by atoms with E-state index in [2.05, 4.69) is 15.0 Å². The predicted octanol–water partition coefficient (Wildman–Crippen LogP) is 1.71. The number of halogens is 1. The Balaban J connectivity index is 2.19. The summed E-state index contributed by atoms with van der Waals surface area (Å²) in [6.07, 6.45) is 2.84. The summed E-state index contributed by atoms with van der Waals surface area (Å²) in [5, 5.41) is 12.2. The van der Waals surface area contributed by atoms with E-state index in [9.17, 15) is 9.90 Å². The topological polar surface area (TPSA) is 78.8 Å². The quantitative estimate of drug-likeness (QED) is 0.716. The molecule has 2 heterocycles. The van der Waals surface area contributed by atoms with Gasteiger partial charge < -0.3 is 9.90 Å².